The van der Waals surface area contributed by atoms with E-state index in [-0.39, 0.29) is 6.04 Å². The van der Waals surface area contributed by atoms with Crippen LogP contribution in [-0.4, -0.2) is 19.3 Å². The summed E-state index contributed by atoms with van der Waals surface area (Å²) in [7, 11) is -3.37. The molecule has 3 nitrogen and oxygen atoms in total. The first kappa shape index (κ1) is 14.5. The molecule has 0 aliphatic carbocycles. The smallest absolute Gasteiger partial charge is 0.207 e. The van der Waals surface area contributed by atoms with Crippen LogP contribution in [0.1, 0.15) is 29.3 Å². The normalized spacial score (nSPS) is 20.3. The van der Waals surface area contributed by atoms with Crippen LogP contribution in [0.15, 0.2) is 53.3 Å². The first-order valence-corrected chi connectivity index (χ1v) is 9.33. The van der Waals surface area contributed by atoms with Gasteiger partial charge >= 0.3 is 0 Å². The van der Waals surface area contributed by atoms with E-state index in [2.05, 4.69) is 0 Å². The Morgan fingerprint density at radius 3 is 2.67 bits per heavy atom. The molecule has 0 unspecified atom stereocenters. The molecule has 110 valence electrons. The van der Waals surface area contributed by atoms with Gasteiger partial charge in [-0.05, 0) is 35.9 Å². The fraction of sp³-hybridized carbons (Fsp3) is 0.250. The molecule has 21 heavy (non-hydrogen) atoms. The molecule has 3 rings (SSSR count). The lowest BCUT2D eigenvalue weighted by atomic mass is 10.2. The number of nitrogens with zero attached hydrogens (tertiary/aromatic N) is 1. The summed E-state index contributed by atoms with van der Waals surface area (Å²) in [6.45, 7) is 0.601. The second-order valence-electron chi connectivity index (χ2n) is 5.04. The van der Waals surface area contributed by atoms with E-state index in [4.69, 9.17) is 0 Å². The van der Waals surface area contributed by atoms with Crippen molar-refractivity contribution in [3.8, 4) is 0 Å². The second-order valence-corrected chi connectivity index (χ2v) is 7.79. The lowest BCUT2D eigenvalue weighted by Crippen LogP contribution is -2.28. The maximum absolute atomic E-state index is 12.6. The van der Waals surface area contributed by atoms with E-state index in [1.807, 2.05) is 47.8 Å². The average Bonchev–Trinajstić information content (AvgIpc) is 3.16. The Balaban J connectivity index is 1.83. The zero-order valence-corrected chi connectivity index (χ0v) is 13.2. The molecule has 0 saturated carbocycles. The van der Waals surface area contributed by atoms with E-state index in [9.17, 15) is 8.42 Å². The molecule has 1 aliphatic heterocycles. The van der Waals surface area contributed by atoms with Crippen LogP contribution in [0, 0.1) is 0 Å². The third-order valence-corrected chi connectivity index (χ3v) is 6.18. The number of thiophene rings is 1. The third kappa shape index (κ3) is 3.26. The minimum atomic E-state index is -3.37. The van der Waals surface area contributed by atoms with Gasteiger partial charge in [0.05, 0.1) is 6.04 Å². The monoisotopic (exact) mass is 319 g/mol. The molecule has 2 heterocycles. The molecule has 1 aromatic heterocycles. The molecular weight excluding hydrogens is 302 g/mol. The number of benzene rings is 1. The molecule has 5 heteroatoms. The number of sulfonamides is 1. The van der Waals surface area contributed by atoms with Gasteiger partial charge in [0.25, 0.3) is 0 Å². The lowest BCUT2D eigenvalue weighted by molar-refractivity contribution is 0.407. The number of hydrogen-bond donors (Lipinski definition) is 0. The number of hydrogen-bond acceptors (Lipinski definition) is 3. The first-order chi connectivity index (χ1) is 10.2. The van der Waals surface area contributed by atoms with Crippen LogP contribution in [0.5, 0.6) is 0 Å². The zero-order chi connectivity index (χ0) is 14.7. The van der Waals surface area contributed by atoms with Crippen molar-refractivity contribution in [1.82, 2.24) is 4.31 Å². The van der Waals surface area contributed by atoms with Crippen LogP contribution >= 0.6 is 11.3 Å². The van der Waals surface area contributed by atoms with Crippen LogP contribution < -0.4 is 0 Å². The summed E-state index contributed by atoms with van der Waals surface area (Å²) < 4.78 is 26.7. The Morgan fingerprint density at radius 1 is 1.14 bits per heavy atom. The molecule has 0 N–H and O–H groups in total. The molecule has 1 aromatic carbocycles. The minimum Gasteiger partial charge on any atom is -0.207 e. The SMILES string of the molecule is O=S(=O)(/C=C/c1ccccc1)N1CCC[C@H]1c1cccs1. The van der Waals surface area contributed by atoms with Crippen LogP contribution in [0.4, 0.5) is 0 Å². The third-order valence-electron chi connectivity index (χ3n) is 3.63. The highest BCUT2D eigenvalue weighted by Gasteiger charge is 2.34. The van der Waals surface area contributed by atoms with Crippen LogP contribution in [0.25, 0.3) is 6.08 Å². The molecule has 2 aromatic rings. The summed E-state index contributed by atoms with van der Waals surface area (Å²) >= 11 is 1.62. The Labute approximate surface area is 129 Å². The van der Waals surface area contributed by atoms with Crippen molar-refractivity contribution in [3.05, 3.63) is 63.7 Å². The molecule has 1 aliphatic rings. The largest absolute Gasteiger partial charge is 0.236 e. The predicted octanol–water partition coefficient (Wildman–Crippen LogP) is 3.89. The maximum Gasteiger partial charge on any atom is 0.236 e. The highest BCUT2D eigenvalue weighted by atomic mass is 32.2. The van der Waals surface area contributed by atoms with Gasteiger partial charge in [-0.25, -0.2) is 8.42 Å². The first-order valence-electron chi connectivity index (χ1n) is 6.95. The maximum atomic E-state index is 12.6. The topological polar surface area (TPSA) is 37.4 Å². The van der Waals surface area contributed by atoms with Gasteiger partial charge < -0.3 is 0 Å². The second kappa shape index (κ2) is 6.13. The van der Waals surface area contributed by atoms with Crippen molar-refractivity contribution in [2.45, 2.75) is 18.9 Å². The molecule has 0 bridgehead atoms. The summed E-state index contributed by atoms with van der Waals surface area (Å²) in [4.78, 5) is 1.13. The molecular formula is C16H17NO2S2. The Kier molecular flexibility index (Phi) is 4.24. The van der Waals surface area contributed by atoms with Crippen molar-refractivity contribution < 1.29 is 8.42 Å². The fourth-order valence-corrected chi connectivity index (χ4v) is 5.00. The summed E-state index contributed by atoms with van der Waals surface area (Å²) in [5.41, 5.74) is 0.896. The summed E-state index contributed by atoms with van der Waals surface area (Å²) in [5.74, 6) is 0. The Hall–Kier alpha value is -1.43. The van der Waals surface area contributed by atoms with Crippen molar-refractivity contribution in [1.29, 1.82) is 0 Å². The van der Waals surface area contributed by atoms with Gasteiger partial charge in [0, 0.05) is 16.8 Å². The van der Waals surface area contributed by atoms with E-state index in [1.54, 1.807) is 21.7 Å². The predicted molar refractivity (Wildman–Crippen MR) is 87.4 cm³/mol. The van der Waals surface area contributed by atoms with Gasteiger partial charge in [-0.15, -0.1) is 11.3 Å². The van der Waals surface area contributed by atoms with Gasteiger partial charge in [-0.1, -0.05) is 36.4 Å². The lowest BCUT2D eigenvalue weighted by Gasteiger charge is -2.21. The summed E-state index contributed by atoms with van der Waals surface area (Å²) in [5, 5.41) is 3.33. The molecule has 0 spiro atoms. The van der Waals surface area contributed by atoms with Crippen molar-refractivity contribution in [2.75, 3.05) is 6.54 Å². The van der Waals surface area contributed by atoms with Gasteiger partial charge in [0.1, 0.15) is 0 Å². The average molecular weight is 319 g/mol. The quantitative estimate of drug-likeness (QED) is 0.857. The molecule has 1 fully saturated rings. The van der Waals surface area contributed by atoms with Crippen molar-refractivity contribution in [3.63, 3.8) is 0 Å². The van der Waals surface area contributed by atoms with Crippen LogP contribution in [-0.2, 0) is 10.0 Å². The van der Waals surface area contributed by atoms with Gasteiger partial charge in [-0.2, -0.15) is 4.31 Å². The molecule has 1 atom stereocenters. The van der Waals surface area contributed by atoms with Crippen molar-refractivity contribution >= 4 is 27.4 Å². The number of rotatable bonds is 4. The Bertz CT molecular complexity index is 706. The van der Waals surface area contributed by atoms with E-state index in [0.717, 1.165) is 23.3 Å². The van der Waals surface area contributed by atoms with Crippen LogP contribution in [0.3, 0.4) is 0 Å². The molecule has 0 radical (unpaired) electrons. The highest BCUT2D eigenvalue weighted by Crippen LogP contribution is 2.36. The van der Waals surface area contributed by atoms with E-state index in [1.165, 1.54) is 5.41 Å². The van der Waals surface area contributed by atoms with Crippen LogP contribution in [0.2, 0.25) is 0 Å². The molecule has 0 amide bonds. The fourth-order valence-electron chi connectivity index (χ4n) is 2.62. The highest BCUT2D eigenvalue weighted by molar-refractivity contribution is 7.92. The summed E-state index contributed by atoms with van der Waals surface area (Å²) in [6.07, 6.45) is 3.49. The van der Waals surface area contributed by atoms with E-state index in [0.29, 0.717) is 6.54 Å². The van der Waals surface area contributed by atoms with E-state index < -0.39 is 10.0 Å². The Morgan fingerprint density at radius 2 is 1.95 bits per heavy atom. The minimum absolute atomic E-state index is 0.00424. The standard InChI is InChI=1S/C16H17NO2S2/c18-21(19,13-10-14-6-2-1-3-7-14)17-11-4-8-15(17)16-9-5-12-20-16/h1-3,5-7,9-10,12-13,15H,4,8,11H2/b13-10+/t15-/m0/s1. The van der Waals surface area contributed by atoms with Gasteiger partial charge in [-0.3, -0.25) is 0 Å². The zero-order valence-electron chi connectivity index (χ0n) is 11.6. The van der Waals surface area contributed by atoms with E-state index >= 15 is 0 Å². The molecule has 1 saturated heterocycles. The van der Waals surface area contributed by atoms with Gasteiger partial charge in [0.15, 0.2) is 0 Å². The van der Waals surface area contributed by atoms with Gasteiger partial charge in [0.2, 0.25) is 10.0 Å². The summed E-state index contributed by atoms with van der Waals surface area (Å²) in [6, 6.07) is 13.5. The van der Waals surface area contributed by atoms with Crippen molar-refractivity contribution in [2.24, 2.45) is 0 Å².